The Labute approximate surface area is 140 Å². The average Bonchev–Trinajstić information content (AvgIpc) is 3.04. The van der Waals surface area contributed by atoms with Crippen molar-refractivity contribution in [3.63, 3.8) is 0 Å². The molecule has 0 fully saturated rings. The van der Waals surface area contributed by atoms with Crippen molar-refractivity contribution in [1.82, 2.24) is 9.55 Å². The van der Waals surface area contributed by atoms with Crippen LogP contribution in [0.1, 0.15) is 5.69 Å². The Kier molecular flexibility index (Phi) is 6.99. The highest BCUT2D eigenvalue weighted by atomic mass is 16.5. The maximum Gasteiger partial charge on any atom is 0.108 e. The van der Waals surface area contributed by atoms with Gasteiger partial charge in [0.25, 0.3) is 0 Å². The Balaban J connectivity index is 2.23. The lowest BCUT2D eigenvalue weighted by molar-refractivity contribution is 0.401. The van der Waals surface area contributed by atoms with Crippen LogP contribution in [-0.4, -0.2) is 22.0 Å². The number of hydrogen-bond acceptors (Lipinski definition) is 5. The smallest absolute Gasteiger partial charge is 0.108 e. The van der Waals surface area contributed by atoms with Crippen LogP contribution in [0.4, 0.5) is 0 Å². The number of nitriles is 1. The number of imidazole rings is 1. The first kappa shape index (κ1) is 16.6. The molecule has 1 aromatic heterocycles. The lowest BCUT2D eigenvalue weighted by atomic mass is 10.3. The summed E-state index contributed by atoms with van der Waals surface area (Å²) < 4.78 is 6.96. The van der Waals surface area contributed by atoms with Gasteiger partial charge in [-0.15, -0.1) is 0 Å². The molecule has 0 amide bonds. The molecule has 118 valence electrons. The van der Waals surface area contributed by atoms with E-state index in [4.69, 9.17) is 10.00 Å². The highest BCUT2D eigenvalue weighted by Crippen LogP contribution is 2.00. The van der Waals surface area contributed by atoms with E-state index < -0.39 is 0 Å². The number of aliphatic imine (C=N–C) groups is 2. The van der Waals surface area contributed by atoms with E-state index in [9.17, 15) is 0 Å². The lowest BCUT2D eigenvalue weighted by Crippen LogP contribution is -1.90. The van der Waals surface area contributed by atoms with Crippen LogP contribution < -0.4 is 0 Å². The van der Waals surface area contributed by atoms with Crippen LogP contribution in [-0.2, 0) is 4.74 Å². The predicted molar refractivity (Wildman–Crippen MR) is 95.0 cm³/mol. The standard InChI is InChI=1S/C18H15N5O/c19-12-17-6-2-4-10-23-16-22-14-18(23)13-21-9-8-20-7-3-1-5-11-24-15-17/h1-11,13-16H. The molecule has 0 bridgehead atoms. The highest BCUT2D eigenvalue weighted by Gasteiger charge is 1.93. The third kappa shape index (κ3) is 5.95. The molecule has 0 spiro atoms. The summed E-state index contributed by atoms with van der Waals surface area (Å²) in [6.07, 6.45) is 24.8. The van der Waals surface area contributed by atoms with Crippen LogP contribution >= 0.6 is 0 Å². The quantitative estimate of drug-likeness (QED) is 0.736. The van der Waals surface area contributed by atoms with E-state index in [2.05, 4.69) is 15.0 Å². The molecule has 0 aliphatic carbocycles. The molecule has 0 aromatic carbocycles. The molecule has 0 N–H and O–H groups in total. The van der Waals surface area contributed by atoms with Crippen molar-refractivity contribution < 1.29 is 4.74 Å². The summed E-state index contributed by atoms with van der Waals surface area (Å²) in [6.45, 7) is 0. The molecular formula is C18H15N5O. The van der Waals surface area contributed by atoms with Crippen LogP contribution in [0, 0.1) is 11.3 Å². The van der Waals surface area contributed by atoms with Gasteiger partial charge >= 0.3 is 0 Å². The molecule has 1 aliphatic heterocycles. The SMILES string of the molecule is N#CC1=COC=CC=CC=NC=CN=Cc2cncn2C=CC=C1. The van der Waals surface area contributed by atoms with Gasteiger partial charge < -0.3 is 9.30 Å². The molecule has 6 nitrogen and oxygen atoms in total. The Bertz CT molecular complexity index is 811. The summed E-state index contributed by atoms with van der Waals surface area (Å²) in [5.74, 6) is 0. The zero-order valence-corrected chi connectivity index (χ0v) is 12.8. The summed E-state index contributed by atoms with van der Waals surface area (Å²) in [5, 5.41) is 9.03. The fourth-order valence-electron chi connectivity index (χ4n) is 1.56. The van der Waals surface area contributed by atoms with E-state index >= 15 is 0 Å². The second-order valence-electron chi connectivity index (χ2n) is 4.34. The van der Waals surface area contributed by atoms with Gasteiger partial charge in [-0.2, -0.15) is 5.26 Å². The number of fused-ring (bicyclic) bond motifs is 1. The Hall–Kier alpha value is -3.72. The number of aromatic nitrogens is 2. The van der Waals surface area contributed by atoms with Gasteiger partial charge in [-0.1, -0.05) is 12.2 Å². The Morgan fingerprint density at radius 1 is 1.04 bits per heavy atom. The largest absolute Gasteiger partial charge is 0.471 e. The van der Waals surface area contributed by atoms with Gasteiger partial charge in [0.2, 0.25) is 0 Å². The number of nitrogens with zero attached hydrogens (tertiary/aromatic N) is 5. The second-order valence-corrected chi connectivity index (χ2v) is 4.34. The predicted octanol–water partition coefficient (Wildman–Crippen LogP) is 3.38. The van der Waals surface area contributed by atoms with Crippen molar-refractivity contribution in [2.45, 2.75) is 0 Å². The highest BCUT2D eigenvalue weighted by molar-refractivity contribution is 5.78. The maximum absolute atomic E-state index is 9.03. The van der Waals surface area contributed by atoms with E-state index in [0.29, 0.717) is 5.57 Å². The van der Waals surface area contributed by atoms with Crippen LogP contribution in [0.2, 0.25) is 0 Å². The molecular weight excluding hydrogens is 302 g/mol. The number of hydrogen-bond donors (Lipinski definition) is 0. The van der Waals surface area contributed by atoms with Crippen LogP contribution in [0.3, 0.4) is 0 Å². The van der Waals surface area contributed by atoms with Gasteiger partial charge in [0, 0.05) is 24.8 Å². The number of allylic oxidation sites excluding steroid dienone is 7. The molecule has 0 saturated heterocycles. The molecule has 1 aromatic rings. The Morgan fingerprint density at radius 2 is 1.96 bits per heavy atom. The normalized spacial score (nSPS) is 14.9. The fraction of sp³-hybridized carbons (Fsp3) is 0. The van der Waals surface area contributed by atoms with Crippen molar-refractivity contribution in [1.29, 1.82) is 5.26 Å². The first-order valence-corrected chi connectivity index (χ1v) is 7.06. The molecule has 1 aliphatic rings. The zero-order valence-electron chi connectivity index (χ0n) is 12.8. The molecule has 0 atom stereocenters. The van der Waals surface area contributed by atoms with Crippen molar-refractivity contribution in [3.8, 4) is 6.07 Å². The van der Waals surface area contributed by atoms with E-state index in [0.717, 1.165) is 5.69 Å². The summed E-state index contributed by atoms with van der Waals surface area (Å²) in [4.78, 5) is 12.3. The number of ether oxygens (including phenoxy) is 1. The topological polar surface area (TPSA) is 75.6 Å². The van der Waals surface area contributed by atoms with Gasteiger partial charge in [0.15, 0.2) is 0 Å². The van der Waals surface area contributed by atoms with Crippen LogP contribution in [0.15, 0.2) is 89.5 Å². The molecule has 0 saturated carbocycles. The first-order chi connectivity index (χ1) is 11.9. The van der Waals surface area contributed by atoms with E-state index in [1.165, 1.54) is 12.5 Å². The van der Waals surface area contributed by atoms with Crippen molar-refractivity contribution in [2.75, 3.05) is 0 Å². The van der Waals surface area contributed by atoms with Gasteiger partial charge in [0.1, 0.15) is 12.3 Å². The molecule has 2 heterocycles. The van der Waals surface area contributed by atoms with Crippen LogP contribution in [0.5, 0.6) is 0 Å². The molecule has 24 heavy (non-hydrogen) atoms. The fourth-order valence-corrected chi connectivity index (χ4v) is 1.56. The minimum Gasteiger partial charge on any atom is -0.471 e. The van der Waals surface area contributed by atoms with E-state index in [1.807, 2.05) is 6.07 Å². The van der Waals surface area contributed by atoms with Crippen molar-refractivity contribution in [3.05, 3.63) is 85.2 Å². The summed E-state index contributed by atoms with van der Waals surface area (Å²) in [6, 6.07) is 2.04. The average molecular weight is 317 g/mol. The maximum atomic E-state index is 9.03. The monoisotopic (exact) mass is 317 g/mol. The minimum atomic E-state index is 0.393. The van der Waals surface area contributed by atoms with E-state index in [-0.39, 0.29) is 0 Å². The third-order valence-electron chi connectivity index (χ3n) is 2.65. The van der Waals surface area contributed by atoms with E-state index in [1.54, 1.807) is 84.6 Å². The Morgan fingerprint density at radius 3 is 2.88 bits per heavy atom. The summed E-state index contributed by atoms with van der Waals surface area (Å²) >= 11 is 0. The van der Waals surface area contributed by atoms with Crippen LogP contribution in [0.25, 0.3) is 6.20 Å². The molecule has 0 unspecified atom stereocenters. The zero-order chi connectivity index (χ0) is 16.9. The lowest BCUT2D eigenvalue weighted by Gasteiger charge is -1.94. The first-order valence-electron chi connectivity index (χ1n) is 7.06. The van der Waals surface area contributed by atoms with Gasteiger partial charge in [0.05, 0.1) is 36.3 Å². The van der Waals surface area contributed by atoms with Gasteiger partial charge in [-0.05, 0) is 24.3 Å². The van der Waals surface area contributed by atoms with Gasteiger partial charge in [-0.3, -0.25) is 9.98 Å². The molecule has 2 rings (SSSR count). The number of rotatable bonds is 0. The third-order valence-corrected chi connectivity index (χ3v) is 2.65. The molecule has 6 heteroatoms. The second kappa shape index (κ2) is 10.1. The minimum absolute atomic E-state index is 0.393. The van der Waals surface area contributed by atoms with Crippen molar-refractivity contribution >= 4 is 18.6 Å². The molecule has 0 radical (unpaired) electrons. The van der Waals surface area contributed by atoms with Gasteiger partial charge in [-0.25, -0.2) is 4.98 Å². The summed E-state index contributed by atoms with van der Waals surface area (Å²) in [7, 11) is 0. The summed E-state index contributed by atoms with van der Waals surface area (Å²) in [5.41, 5.74) is 1.21. The van der Waals surface area contributed by atoms with Crippen molar-refractivity contribution in [2.24, 2.45) is 9.98 Å².